The number of benzene rings is 1. The number of hydrogen-bond acceptors (Lipinski definition) is 1. The molecule has 1 aromatic carbocycles. The van der Waals surface area contributed by atoms with E-state index in [0.717, 1.165) is 29.7 Å². The molecule has 0 aromatic heterocycles. The van der Waals surface area contributed by atoms with Crippen LogP contribution in [0.15, 0.2) is 12.1 Å². The van der Waals surface area contributed by atoms with Crippen LogP contribution in [0.25, 0.3) is 0 Å². The number of hydrogen-bond donors (Lipinski definition) is 1. The van der Waals surface area contributed by atoms with E-state index >= 15 is 0 Å². The largest absolute Gasteiger partial charge is 0.310 e. The SMILES string of the molecule is CCCNC(c1c(C)cc(C)cc1F)C1CCCC1(C)C. The third-order valence-corrected chi connectivity index (χ3v) is 5.15. The number of halogens is 1. The molecule has 0 amide bonds. The summed E-state index contributed by atoms with van der Waals surface area (Å²) in [6, 6.07) is 3.94. The van der Waals surface area contributed by atoms with Crippen molar-refractivity contribution in [3.63, 3.8) is 0 Å². The Morgan fingerprint density at radius 3 is 2.57 bits per heavy atom. The molecule has 0 bridgehead atoms. The Labute approximate surface area is 129 Å². The van der Waals surface area contributed by atoms with Gasteiger partial charge in [0.25, 0.3) is 0 Å². The predicted octanol–water partition coefficient (Wildman–Crippen LogP) is 5.31. The highest BCUT2D eigenvalue weighted by molar-refractivity contribution is 5.35. The summed E-state index contributed by atoms with van der Waals surface area (Å²) in [6.45, 7) is 11.8. The Kier molecular flexibility index (Phi) is 5.08. The molecule has 2 heteroatoms. The molecular formula is C19H30FN. The lowest BCUT2D eigenvalue weighted by Gasteiger charge is -2.36. The van der Waals surface area contributed by atoms with Gasteiger partial charge < -0.3 is 5.32 Å². The lowest BCUT2D eigenvalue weighted by Crippen LogP contribution is -2.35. The molecule has 1 N–H and O–H groups in total. The van der Waals surface area contributed by atoms with E-state index in [4.69, 9.17) is 0 Å². The van der Waals surface area contributed by atoms with Crippen molar-refractivity contribution in [2.75, 3.05) is 6.54 Å². The van der Waals surface area contributed by atoms with E-state index in [9.17, 15) is 4.39 Å². The molecule has 1 fully saturated rings. The van der Waals surface area contributed by atoms with Crippen LogP contribution in [0.5, 0.6) is 0 Å². The lowest BCUT2D eigenvalue weighted by molar-refractivity contribution is 0.194. The Balaban J connectivity index is 2.41. The highest BCUT2D eigenvalue weighted by Gasteiger charge is 2.41. The molecule has 0 aliphatic heterocycles. The van der Waals surface area contributed by atoms with Crippen molar-refractivity contribution in [2.24, 2.45) is 11.3 Å². The van der Waals surface area contributed by atoms with E-state index in [-0.39, 0.29) is 17.3 Å². The van der Waals surface area contributed by atoms with Crippen molar-refractivity contribution in [2.45, 2.75) is 66.3 Å². The van der Waals surface area contributed by atoms with Gasteiger partial charge in [0.05, 0.1) is 0 Å². The van der Waals surface area contributed by atoms with E-state index in [1.807, 2.05) is 13.8 Å². The third kappa shape index (κ3) is 3.48. The second kappa shape index (κ2) is 6.48. The van der Waals surface area contributed by atoms with E-state index in [0.29, 0.717) is 5.92 Å². The molecule has 2 atom stereocenters. The second-order valence-electron chi connectivity index (χ2n) is 7.40. The summed E-state index contributed by atoms with van der Waals surface area (Å²) in [5.74, 6) is 0.476. The fourth-order valence-electron chi connectivity index (χ4n) is 4.04. The van der Waals surface area contributed by atoms with Gasteiger partial charge in [0, 0.05) is 11.6 Å². The summed E-state index contributed by atoms with van der Waals surface area (Å²) < 4.78 is 14.7. The third-order valence-electron chi connectivity index (χ3n) is 5.15. The van der Waals surface area contributed by atoms with Gasteiger partial charge in [-0.2, -0.15) is 0 Å². The fraction of sp³-hybridized carbons (Fsp3) is 0.684. The predicted molar refractivity (Wildman–Crippen MR) is 88.0 cm³/mol. The van der Waals surface area contributed by atoms with Gasteiger partial charge >= 0.3 is 0 Å². The smallest absolute Gasteiger partial charge is 0.128 e. The van der Waals surface area contributed by atoms with E-state index in [1.165, 1.54) is 19.3 Å². The molecule has 1 aliphatic rings. The molecule has 2 unspecified atom stereocenters. The van der Waals surface area contributed by atoms with Crippen LogP contribution >= 0.6 is 0 Å². The first-order valence-corrected chi connectivity index (χ1v) is 8.37. The summed E-state index contributed by atoms with van der Waals surface area (Å²) in [5.41, 5.74) is 3.28. The van der Waals surface area contributed by atoms with Crippen LogP contribution in [0.1, 0.15) is 69.2 Å². The molecular weight excluding hydrogens is 261 g/mol. The molecule has 1 aromatic rings. The van der Waals surface area contributed by atoms with Crippen LogP contribution in [0.4, 0.5) is 4.39 Å². The zero-order valence-corrected chi connectivity index (χ0v) is 14.2. The Hall–Kier alpha value is -0.890. The van der Waals surface area contributed by atoms with E-state index in [1.54, 1.807) is 6.07 Å². The van der Waals surface area contributed by atoms with Gasteiger partial charge in [0.15, 0.2) is 0 Å². The van der Waals surface area contributed by atoms with Crippen molar-refractivity contribution in [3.8, 4) is 0 Å². The summed E-state index contributed by atoms with van der Waals surface area (Å²) >= 11 is 0. The normalized spacial score (nSPS) is 22.5. The molecule has 2 rings (SSSR count). The second-order valence-corrected chi connectivity index (χ2v) is 7.40. The van der Waals surface area contributed by atoms with E-state index in [2.05, 4.69) is 32.2 Å². The van der Waals surface area contributed by atoms with Crippen molar-refractivity contribution in [1.82, 2.24) is 5.32 Å². The van der Waals surface area contributed by atoms with Gasteiger partial charge in [0.1, 0.15) is 5.82 Å². The minimum absolute atomic E-state index is 0.0381. The number of nitrogens with one attached hydrogen (secondary N) is 1. The highest BCUT2D eigenvalue weighted by atomic mass is 19.1. The molecule has 1 nitrogen and oxygen atoms in total. The Bertz CT molecular complexity index is 469. The van der Waals surface area contributed by atoms with Crippen molar-refractivity contribution in [1.29, 1.82) is 0 Å². The average Bonchev–Trinajstić information content (AvgIpc) is 2.72. The standard InChI is InChI=1S/C19H30FN/c1-6-10-21-18(15-8-7-9-19(15,4)5)17-14(3)11-13(2)12-16(17)20/h11-12,15,18,21H,6-10H2,1-5H3. The van der Waals surface area contributed by atoms with Crippen LogP contribution in [0.2, 0.25) is 0 Å². The molecule has 118 valence electrons. The maximum atomic E-state index is 14.7. The van der Waals surface area contributed by atoms with Crippen LogP contribution in [-0.4, -0.2) is 6.54 Å². The molecule has 0 radical (unpaired) electrons. The van der Waals surface area contributed by atoms with Crippen LogP contribution < -0.4 is 5.32 Å². The van der Waals surface area contributed by atoms with Crippen LogP contribution in [0, 0.1) is 31.0 Å². The molecule has 1 saturated carbocycles. The first kappa shape index (κ1) is 16.5. The van der Waals surface area contributed by atoms with Crippen LogP contribution in [0.3, 0.4) is 0 Å². The first-order chi connectivity index (χ1) is 9.86. The summed E-state index contributed by atoms with van der Waals surface area (Å²) in [6.07, 6.45) is 4.78. The highest BCUT2D eigenvalue weighted by Crippen LogP contribution is 2.49. The summed E-state index contributed by atoms with van der Waals surface area (Å²) in [7, 11) is 0. The molecule has 0 heterocycles. The minimum atomic E-state index is -0.0381. The molecule has 21 heavy (non-hydrogen) atoms. The quantitative estimate of drug-likeness (QED) is 0.775. The Morgan fingerprint density at radius 2 is 2.05 bits per heavy atom. The van der Waals surface area contributed by atoms with Gasteiger partial charge in [0.2, 0.25) is 0 Å². The minimum Gasteiger partial charge on any atom is -0.310 e. The number of aryl methyl sites for hydroxylation is 2. The maximum absolute atomic E-state index is 14.7. The van der Waals surface area contributed by atoms with Gasteiger partial charge in [-0.15, -0.1) is 0 Å². The summed E-state index contributed by atoms with van der Waals surface area (Å²) in [5, 5.41) is 3.64. The molecule has 0 saturated heterocycles. The Morgan fingerprint density at radius 1 is 1.33 bits per heavy atom. The van der Waals surface area contributed by atoms with Crippen molar-refractivity contribution >= 4 is 0 Å². The monoisotopic (exact) mass is 291 g/mol. The van der Waals surface area contributed by atoms with Gasteiger partial charge in [-0.25, -0.2) is 4.39 Å². The zero-order chi connectivity index (χ0) is 15.6. The van der Waals surface area contributed by atoms with Gasteiger partial charge in [-0.05, 0) is 68.2 Å². The van der Waals surface area contributed by atoms with Gasteiger partial charge in [-0.3, -0.25) is 0 Å². The molecule has 1 aliphatic carbocycles. The maximum Gasteiger partial charge on any atom is 0.128 e. The van der Waals surface area contributed by atoms with E-state index < -0.39 is 0 Å². The summed E-state index contributed by atoms with van der Waals surface area (Å²) in [4.78, 5) is 0. The zero-order valence-electron chi connectivity index (χ0n) is 14.2. The first-order valence-electron chi connectivity index (χ1n) is 8.37. The van der Waals surface area contributed by atoms with Crippen LogP contribution in [-0.2, 0) is 0 Å². The van der Waals surface area contributed by atoms with Gasteiger partial charge in [-0.1, -0.05) is 33.3 Å². The fourth-order valence-corrected chi connectivity index (χ4v) is 4.04. The van der Waals surface area contributed by atoms with Crippen molar-refractivity contribution < 1.29 is 4.39 Å². The topological polar surface area (TPSA) is 12.0 Å². The average molecular weight is 291 g/mol. The van der Waals surface area contributed by atoms with Crippen molar-refractivity contribution in [3.05, 3.63) is 34.6 Å². The number of rotatable bonds is 5. The molecule has 0 spiro atoms. The lowest BCUT2D eigenvalue weighted by atomic mass is 9.74.